The van der Waals surface area contributed by atoms with Crippen molar-refractivity contribution in [1.82, 2.24) is 20.2 Å². The van der Waals surface area contributed by atoms with E-state index in [9.17, 15) is 0 Å². The molecule has 0 saturated carbocycles. The zero-order chi connectivity index (χ0) is 28.5. The molecule has 5 aromatic rings. The van der Waals surface area contributed by atoms with E-state index < -0.39 is 0 Å². The number of aromatic nitrogens is 3. The number of nitrogen functional groups attached to an aromatic ring is 1. The van der Waals surface area contributed by atoms with Gasteiger partial charge in [-0.05, 0) is 48.5 Å². The lowest BCUT2D eigenvalue weighted by Gasteiger charge is -2.15. The predicted molar refractivity (Wildman–Crippen MR) is 148 cm³/mol. The van der Waals surface area contributed by atoms with Crippen molar-refractivity contribution in [3.05, 3.63) is 79.0 Å². The number of hydrogen-bond donors (Lipinski definition) is 3. The highest BCUT2D eigenvalue weighted by atomic mass is 16.5. The number of furan rings is 2. The van der Waals surface area contributed by atoms with Crippen LogP contribution in [-0.2, 0) is 0 Å². The second-order valence-corrected chi connectivity index (χ2v) is 7.80. The number of rotatable bonds is 8. The summed E-state index contributed by atoms with van der Waals surface area (Å²) in [7, 11) is 6.28. The van der Waals surface area contributed by atoms with Gasteiger partial charge < -0.3 is 38.9 Å². The van der Waals surface area contributed by atoms with Gasteiger partial charge in [0.05, 0.1) is 41.0 Å². The van der Waals surface area contributed by atoms with E-state index in [1.165, 1.54) is 0 Å². The van der Waals surface area contributed by atoms with Crippen LogP contribution in [0.3, 0.4) is 0 Å². The molecule has 0 bridgehead atoms. The first-order valence-electron chi connectivity index (χ1n) is 11.8. The number of benzene rings is 2. The molecule has 5 rings (SSSR count). The minimum absolute atomic E-state index is 0.212. The first kappa shape index (κ1) is 27.6. The number of nitrogens with two attached hydrogens (primary N) is 2. The number of methoxy groups -OCH3 is 4. The summed E-state index contributed by atoms with van der Waals surface area (Å²) in [6, 6.07) is 17.9. The second-order valence-electron chi connectivity index (χ2n) is 7.80. The van der Waals surface area contributed by atoms with Crippen LogP contribution < -0.4 is 35.9 Å². The average Bonchev–Trinajstić information content (AvgIpc) is 3.78. The van der Waals surface area contributed by atoms with Gasteiger partial charge in [-0.2, -0.15) is 0 Å². The quantitative estimate of drug-likeness (QED) is 0.111. The van der Waals surface area contributed by atoms with E-state index in [2.05, 4.69) is 20.6 Å². The lowest BCUT2D eigenvalue weighted by molar-refractivity contribution is 0.391. The van der Waals surface area contributed by atoms with E-state index in [1.54, 1.807) is 81.9 Å². The Morgan fingerprint density at radius 1 is 0.775 bits per heavy atom. The van der Waals surface area contributed by atoms with Crippen LogP contribution >= 0.6 is 0 Å². The molecule has 13 heteroatoms. The van der Waals surface area contributed by atoms with Gasteiger partial charge in [0, 0.05) is 0 Å². The van der Waals surface area contributed by atoms with Crippen molar-refractivity contribution in [3.63, 3.8) is 0 Å². The van der Waals surface area contributed by atoms with E-state index in [0.717, 1.165) is 0 Å². The topological polar surface area (TPSA) is 170 Å². The van der Waals surface area contributed by atoms with Crippen LogP contribution in [0.15, 0.2) is 87.0 Å². The van der Waals surface area contributed by atoms with Crippen LogP contribution in [0.4, 0.5) is 11.6 Å². The summed E-state index contributed by atoms with van der Waals surface area (Å²) in [5.41, 5.74) is 9.62. The molecule has 3 aromatic heterocycles. The van der Waals surface area contributed by atoms with Crippen LogP contribution in [0.2, 0.25) is 0 Å². The van der Waals surface area contributed by atoms with Crippen LogP contribution in [0.25, 0.3) is 17.3 Å². The molecule has 0 atom stereocenters. The maximum Gasteiger partial charge on any atom is 0.227 e. The molecule has 40 heavy (non-hydrogen) atoms. The van der Waals surface area contributed by atoms with Crippen molar-refractivity contribution in [2.75, 3.05) is 34.2 Å². The van der Waals surface area contributed by atoms with Gasteiger partial charge in [-0.15, -0.1) is 10.2 Å². The highest BCUT2D eigenvalue weighted by Crippen LogP contribution is 2.38. The van der Waals surface area contributed by atoms with Gasteiger partial charge in [-0.1, -0.05) is 12.1 Å². The fraction of sp³-hybridized carbons (Fsp3) is 0.148. The lowest BCUT2D eigenvalue weighted by Crippen LogP contribution is -2.30. The predicted octanol–water partition coefficient (Wildman–Crippen LogP) is 3.97. The van der Waals surface area contributed by atoms with Crippen molar-refractivity contribution < 1.29 is 27.8 Å². The number of para-hydroxylation sites is 2. The van der Waals surface area contributed by atoms with Crippen molar-refractivity contribution >= 4 is 17.5 Å². The Morgan fingerprint density at radius 3 is 1.85 bits per heavy atom. The summed E-state index contributed by atoms with van der Waals surface area (Å²) in [4.78, 5) is 4.40. The smallest absolute Gasteiger partial charge is 0.227 e. The number of hydrogen-bond acceptors (Lipinski definition) is 11. The standard InChI is InChI=1S/C14H14N4O3.C13H15N3O3/c1-19-9-5-3-6-10(20-2)12(9)18-13(16-17-14(18)15)11-7-4-8-21-11;1-17-9-5-3-6-10(18-2)12(9)15-13(16-14)11-7-4-8-19-11/h3-8H,1-2H3,(H2,15,17);3-8H,14H2,1-2H3,(H,15,16). The first-order valence-corrected chi connectivity index (χ1v) is 11.8. The van der Waals surface area contributed by atoms with Gasteiger partial charge in [0.25, 0.3) is 0 Å². The van der Waals surface area contributed by atoms with Crippen molar-refractivity contribution in [2.45, 2.75) is 0 Å². The summed E-state index contributed by atoms with van der Waals surface area (Å²) in [6.45, 7) is 0. The maximum absolute atomic E-state index is 5.96. The third-order valence-electron chi connectivity index (χ3n) is 5.57. The van der Waals surface area contributed by atoms with E-state index >= 15 is 0 Å². The van der Waals surface area contributed by atoms with Crippen molar-refractivity contribution in [3.8, 4) is 40.3 Å². The summed E-state index contributed by atoms with van der Waals surface area (Å²) in [6.07, 6.45) is 3.10. The zero-order valence-electron chi connectivity index (χ0n) is 22.3. The molecule has 0 aliphatic heterocycles. The Bertz CT molecular complexity index is 1500. The number of anilines is 1. The van der Waals surface area contributed by atoms with Gasteiger partial charge >= 0.3 is 0 Å². The molecular weight excluding hydrogens is 518 g/mol. The summed E-state index contributed by atoms with van der Waals surface area (Å²) in [5, 5.41) is 7.99. The molecule has 5 N–H and O–H groups in total. The Labute approximate surface area is 229 Å². The summed E-state index contributed by atoms with van der Waals surface area (Å²) < 4.78 is 33.6. The van der Waals surface area contributed by atoms with Crippen LogP contribution in [0, 0.1) is 0 Å². The third kappa shape index (κ3) is 5.68. The number of aliphatic imine (C=N–C) groups is 1. The fourth-order valence-electron chi connectivity index (χ4n) is 3.76. The normalized spacial score (nSPS) is 10.9. The fourth-order valence-corrected chi connectivity index (χ4v) is 3.76. The van der Waals surface area contributed by atoms with Gasteiger partial charge in [-0.3, -0.25) is 4.57 Å². The van der Waals surface area contributed by atoms with E-state index in [1.807, 2.05) is 24.3 Å². The molecule has 0 spiro atoms. The Balaban J connectivity index is 0.000000186. The van der Waals surface area contributed by atoms with E-state index in [-0.39, 0.29) is 5.95 Å². The number of hydrazine groups is 1. The van der Waals surface area contributed by atoms with Crippen LogP contribution in [0.5, 0.6) is 23.0 Å². The molecule has 13 nitrogen and oxygen atoms in total. The van der Waals surface area contributed by atoms with Crippen LogP contribution in [-0.4, -0.2) is 49.0 Å². The monoisotopic (exact) mass is 547 g/mol. The Hall–Kier alpha value is -5.43. The van der Waals surface area contributed by atoms with Gasteiger partial charge in [0.1, 0.15) is 34.4 Å². The molecule has 0 radical (unpaired) electrons. The maximum atomic E-state index is 5.96. The molecule has 0 fully saturated rings. The number of nitrogens with one attached hydrogen (secondary N) is 1. The molecule has 0 unspecified atom stereocenters. The van der Waals surface area contributed by atoms with Gasteiger partial charge in [-0.25, -0.2) is 10.8 Å². The number of ether oxygens (including phenoxy) is 4. The van der Waals surface area contributed by atoms with E-state index in [4.69, 9.17) is 39.4 Å². The lowest BCUT2D eigenvalue weighted by atomic mass is 10.2. The van der Waals surface area contributed by atoms with Gasteiger partial charge in [0.2, 0.25) is 11.8 Å². The molecule has 2 aromatic carbocycles. The molecule has 208 valence electrons. The van der Waals surface area contributed by atoms with Crippen molar-refractivity contribution in [2.24, 2.45) is 10.8 Å². The van der Waals surface area contributed by atoms with Crippen molar-refractivity contribution in [1.29, 1.82) is 0 Å². The second kappa shape index (κ2) is 12.9. The number of amidine groups is 1. The Morgan fingerprint density at radius 2 is 1.35 bits per heavy atom. The zero-order valence-corrected chi connectivity index (χ0v) is 22.3. The highest BCUT2D eigenvalue weighted by molar-refractivity contribution is 5.98. The third-order valence-corrected chi connectivity index (χ3v) is 5.57. The molecular formula is C27H29N7O6. The van der Waals surface area contributed by atoms with Gasteiger partial charge in [0.15, 0.2) is 17.4 Å². The van der Waals surface area contributed by atoms with E-state index in [0.29, 0.717) is 57.6 Å². The molecule has 0 aliphatic carbocycles. The molecule has 0 saturated heterocycles. The minimum Gasteiger partial charge on any atom is -0.494 e. The Kier molecular flexibility index (Phi) is 8.89. The summed E-state index contributed by atoms with van der Waals surface area (Å²) >= 11 is 0. The average molecular weight is 548 g/mol. The first-order chi connectivity index (χ1) is 19.6. The minimum atomic E-state index is 0.212. The molecule has 0 aliphatic rings. The summed E-state index contributed by atoms with van der Waals surface area (Å²) in [5.74, 6) is 9.96. The highest BCUT2D eigenvalue weighted by Gasteiger charge is 2.22. The molecule has 3 heterocycles. The largest absolute Gasteiger partial charge is 0.494 e. The van der Waals surface area contributed by atoms with Crippen LogP contribution in [0.1, 0.15) is 5.76 Å². The SMILES string of the molecule is COc1cccc(OC)c1-n1c(N)nnc1-c1ccco1.COc1cccc(OC)c1N=C(NN)c1ccco1. The number of nitrogens with zero attached hydrogens (tertiary/aromatic N) is 4. The molecule has 0 amide bonds.